The third-order valence-electron chi connectivity index (χ3n) is 2.13. The molecule has 0 aromatic carbocycles. The second-order valence-corrected chi connectivity index (χ2v) is 3.68. The van der Waals surface area contributed by atoms with Gasteiger partial charge in [0, 0.05) is 19.6 Å². The first-order valence-electron chi connectivity index (χ1n) is 6.64. The molecule has 22 heavy (non-hydrogen) atoms. The SMILES string of the molecule is COC(=O)OC.O=C1OCCN1CCO.OCCNCCO. The van der Waals surface area contributed by atoms with Gasteiger partial charge in [0.25, 0.3) is 0 Å². The van der Waals surface area contributed by atoms with Crippen LogP contribution in [0.15, 0.2) is 0 Å². The number of amides is 1. The third kappa shape index (κ3) is 14.8. The Morgan fingerprint density at radius 2 is 1.73 bits per heavy atom. The summed E-state index contributed by atoms with van der Waals surface area (Å²) in [6.45, 7) is 2.88. The molecule has 0 atom stereocenters. The van der Waals surface area contributed by atoms with Crippen molar-refractivity contribution in [2.75, 3.05) is 66.8 Å². The van der Waals surface area contributed by atoms with E-state index in [1.807, 2.05) is 0 Å². The monoisotopic (exact) mass is 326 g/mol. The highest BCUT2D eigenvalue weighted by Crippen LogP contribution is 2.00. The number of hydrogen-bond donors (Lipinski definition) is 4. The van der Waals surface area contributed by atoms with E-state index in [1.165, 1.54) is 19.1 Å². The van der Waals surface area contributed by atoms with Crippen molar-refractivity contribution < 1.29 is 39.1 Å². The number of β-amino-alcohol motifs (C(OH)–C–C–N with tert-alkyl or cyclic N) is 1. The van der Waals surface area contributed by atoms with Crippen LogP contribution in [0, 0.1) is 0 Å². The van der Waals surface area contributed by atoms with Gasteiger partial charge in [-0.25, -0.2) is 9.59 Å². The van der Waals surface area contributed by atoms with Crippen molar-refractivity contribution in [1.29, 1.82) is 0 Å². The summed E-state index contributed by atoms with van der Waals surface area (Å²) in [5, 5.41) is 27.5. The molecule has 4 N–H and O–H groups in total. The van der Waals surface area contributed by atoms with Gasteiger partial charge in [-0.2, -0.15) is 0 Å². The van der Waals surface area contributed by atoms with Crippen LogP contribution in [0.1, 0.15) is 0 Å². The molecule has 0 aliphatic carbocycles. The molecule has 1 saturated heterocycles. The lowest BCUT2D eigenvalue weighted by molar-refractivity contribution is 0.0924. The highest BCUT2D eigenvalue weighted by molar-refractivity contribution is 5.69. The Labute approximate surface area is 129 Å². The van der Waals surface area contributed by atoms with E-state index in [2.05, 4.69) is 19.5 Å². The smallest absolute Gasteiger partial charge is 0.448 e. The van der Waals surface area contributed by atoms with Gasteiger partial charge in [0.2, 0.25) is 0 Å². The molecule has 0 spiro atoms. The summed E-state index contributed by atoms with van der Waals surface area (Å²) in [7, 11) is 2.51. The first-order valence-corrected chi connectivity index (χ1v) is 6.64. The fraction of sp³-hybridized carbons (Fsp3) is 0.833. The second-order valence-electron chi connectivity index (χ2n) is 3.68. The Balaban J connectivity index is 0. The van der Waals surface area contributed by atoms with Gasteiger partial charge in [-0.1, -0.05) is 0 Å². The van der Waals surface area contributed by atoms with Crippen molar-refractivity contribution in [2.45, 2.75) is 0 Å². The maximum Gasteiger partial charge on any atom is 0.507 e. The Hall–Kier alpha value is -1.62. The molecule has 0 aromatic heterocycles. The topological polar surface area (TPSA) is 138 Å². The van der Waals surface area contributed by atoms with Crippen molar-refractivity contribution in [3.8, 4) is 0 Å². The average Bonchev–Trinajstić information content (AvgIpc) is 2.94. The van der Waals surface area contributed by atoms with Gasteiger partial charge >= 0.3 is 12.2 Å². The van der Waals surface area contributed by atoms with Gasteiger partial charge in [0.15, 0.2) is 0 Å². The molecule has 1 aliphatic rings. The second kappa shape index (κ2) is 17.4. The van der Waals surface area contributed by atoms with Crippen LogP contribution in [0.5, 0.6) is 0 Å². The van der Waals surface area contributed by atoms with Gasteiger partial charge in [0.05, 0.1) is 40.6 Å². The highest BCUT2D eigenvalue weighted by atomic mass is 16.7. The van der Waals surface area contributed by atoms with E-state index in [1.54, 1.807) is 0 Å². The van der Waals surface area contributed by atoms with Gasteiger partial charge < -0.3 is 39.7 Å². The van der Waals surface area contributed by atoms with Crippen molar-refractivity contribution in [3.05, 3.63) is 0 Å². The van der Waals surface area contributed by atoms with Crippen LogP contribution in [0.3, 0.4) is 0 Å². The summed E-state index contributed by atoms with van der Waals surface area (Å²) in [6.07, 6.45) is -0.973. The number of aliphatic hydroxyl groups excluding tert-OH is 3. The summed E-state index contributed by atoms with van der Waals surface area (Å²) in [5.41, 5.74) is 0. The van der Waals surface area contributed by atoms with Gasteiger partial charge in [-0.15, -0.1) is 0 Å². The largest absolute Gasteiger partial charge is 0.507 e. The van der Waals surface area contributed by atoms with Crippen LogP contribution in [-0.2, 0) is 14.2 Å². The zero-order chi connectivity index (χ0) is 17.2. The first kappa shape index (κ1) is 22.7. The highest BCUT2D eigenvalue weighted by Gasteiger charge is 2.20. The molecule has 0 aromatic rings. The van der Waals surface area contributed by atoms with Crippen molar-refractivity contribution in [1.82, 2.24) is 10.2 Å². The lowest BCUT2D eigenvalue weighted by atomic mass is 10.5. The van der Waals surface area contributed by atoms with Gasteiger partial charge in [-0.05, 0) is 0 Å². The van der Waals surface area contributed by atoms with E-state index in [0.717, 1.165) is 0 Å². The quantitative estimate of drug-likeness (QED) is 0.335. The van der Waals surface area contributed by atoms with Crippen LogP contribution in [0.4, 0.5) is 9.59 Å². The fourth-order valence-corrected chi connectivity index (χ4v) is 1.12. The maximum absolute atomic E-state index is 10.6. The number of rotatable bonds is 6. The average molecular weight is 326 g/mol. The molecule has 1 amide bonds. The van der Waals surface area contributed by atoms with Crippen LogP contribution in [0.2, 0.25) is 0 Å². The third-order valence-corrected chi connectivity index (χ3v) is 2.13. The molecule has 0 unspecified atom stereocenters. The molecule has 1 rings (SSSR count). The predicted octanol–water partition coefficient (Wildman–Crippen LogP) is -1.61. The number of nitrogens with zero attached hydrogens (tertiary/aromatic N) is 1. The molecule has 0 saturated carbocycles. The minimum absolute atomic E-state index is 0.00903. The Kier molecular flexibility index (Phi) is 18.0. The maximum atomic E-state index is 10.6. The zero-order valence-corrected chi connectivity index (χ0v) is 13.0. The number of nitrogens with one attached hydrogen (secondary N) is 1. The van der Waals surface area contributed by atoms with E-state index in [0.29, 0.717) is 32.8 Å². The minimum Gasteiger partial charge on any atom is -0.448 e. The summed E-state index contributed by atoms with van der Waals surface area (Å²) < 4.78 is 12.7. The van der Waals surface area contributed by atoms with E-state index in [9.17, 15) is 9.59 Å². The first-order chi connectivity index (χ1) is 10.6. The van der Waals surface area contributed by atoms with Crippen LogP contribution in [0.25, 0.3) is 0 Å². The molecule has 1 aliphatic heterocycles. The van der Waals surface area contributed by atoms with E-state index >= 15 is 0 Å². The number of ether oxygens (including phenoxy) is 3. The number of aliphatic hydroxyl groups is 3. The Morgan fingerprint density at radius 3 is 2.00 bits per heavy atom. The number of cyclic esters (lactones) is 1. The molecule has 10 nitrogen and oxygen atoms in total. The van der Waals surface area contributed by atoms with Crippen molar-refractivity contribution in [2.24, 2.45) is 0 Å². The normalized spacial score (nSPS) is 12.4. The molecule has 0 bridgehead atoms. The number of methoxy groups -OCH3 is 2. The Bertz CT molecular complexity index is 268. The van der Waals surface area contributed by atoms with E-state index in [4.69, 9.17) is 15.3 Å². The molecular weight excluding hydrogens is 300 g/mol. The molecule has 1 heterocycles. The molecular formula is C12H26N2O8. The van der Waals surface area contributed by atoms with Crippen LogP contribution >= 0.6 is 0 Å². The summed E-state index contributed by atoms with van der Waals surface area (Å²) in [6, 6.07) is 0. The van der Waals surface area contributed by atoms with Crippen molar-refractivity contribution >= 4 is 12.2 Å². The number of hydrogen-bond acceptors (Lipinski definition) is 9. The lowest BCUT2D eigenvalue weighted by Crippen LogP contribution is -2.27. The summed E-state index contributed by atoms with van der Waals surface area (Å²) in [4.78, 5) is 21.8. The fourth-order valence-electron chi connectivity index (χ4n) is 1.12. The molecule has 0 radical (unpaired) electrons. The number of carbonyl (C=O) groups is 2. The molecule has 10 heteroatoms. The molecule has 1 fully saturated rings. The van der Waals surface area contributed by atoms with Crippen LogP contribution < -0.4 is 5.32 Å². The number of carbonyl (C=O) groups excluding carboxylic acids is 2. The van der Waals surface area contributed by atoms with E-state index < -0.39 is 6.16 Å². The van der Waals surface area contributed by atoms with Crippen molar-refractivity contribution in [3.63, 3.8) is 0 Å². The standard InChI is InChI=1S/C5H9NO3.C4H11NO2.C3H6O3/c7-3-1-6-2-4-9-5(6)8;6-3-1-5-2-4-7;1-5-3(4)6-2/h7H,1-4H2;5-7H,1-4H2;1-2H3. The lowest BCUT2D eigenvalue weighted by Gasteiger charge is -2.08. The zero-order valence-electron chi connectivity index (χ0n) is 13.0. The van der Waals surface area contributed by atoms with Crippen LogP contribution in [-0.4, -0.2) is 99.3 Å². The summed E-state index contributed by atoms with van der Waals surface area (Å²) in [5.74, 6) is 0. The van der Waals surface area contributed by atoms with E-state index in [-0.39, 0.29) is 25.9 Å². The molecule has 132 valence electrons. The summed E-state index contributed by atoms with van der Waals surface area (Å²) >= 11 is 0. The van der Waals surface area contributed by atoms with Gasteiger partial charge in [0.1, 0.15) is 6.61 Å². The Morgan fingerprint density at radius 1 is 1.18 bits per heavy atom. The predicted molar refractivity (Wildman–Crippen MR) is 76.5 cm³/mol. The minimum atomic E-state index is -0.657. The van der Waals surface area contributed by atoms with Gasteiger partial charge in [-0.3, -0.25) is 0 Å².